The number of anilines is 2. The third-order valence-electron chi connectivity index (χ3n) is 7.26. The quantitative estimate of drug-likeness (QED) is 0.0818. The number of hydrogen-bond donors (Lipinski definition) is 0. The van der Waals surface area contributed by atoms with Crippen LogP contribution in [0.25, 0.3) is 31.9 Å². The van der Waals surface area contributed by atoms with Gasteiger partial charge in [0.25, 0.3) is 0 Å². The van der Waals surface area contributed by atoms with Crippen LogP contribution in [0.1, 0.15) is 34.1 Å². The van der Waals surface area contributed by atoms with Crippen LogP contribution in [0.15, 0.2) is 60.8 Å². The Morgan fingerprint density at radius 2 is 1.28 bits per heavy atom. The predicted octanol–water partition coefficient (Wildman–Crippen LogP) is 7.33. The highest BCUT2D eigenvalue weighted by molar-refractivity contribution is 7.21. The number of hydrogen-bond acceptors (Lipinski definition) is 11. The van der Waals surface area contributed by atoms with Gasteiger partial charge in [-0.25, -0.2) is 14.8 Å². The summed E-state index contributed by atoms with van der Waals surface area (Å²) >= 11 is 1.59. The van der Waals surface area contributed by atoms with Crippen molar-refractivity contribution in [2.24, 2.45) is 0 Å². The second-order valence-corrected chi connectivity index (χ2v) is 13.8. The number of ether oxygens (including phenoxy) is 6. The molecular formula is C38H52N4O7S. The molecule has 0 radical (unpaired) electrons. The Labute approximate surface area is 300 Å². The van der Waals surface area contributed by atoms with Crippen LogP contribution < -0.4 is 9.80 Å². The number of rotatable bonds is 21. The summed E-state index contributed by atoms with van der Waals surface area (Å²) in [4.78, 5) is 26.3. The van der Waals surface area contributed by atoms with Gasteiger partial charge in [-0.1, -0.05) is 31.2 Å². The Morgan fingerprint density at radius 3 is 1.82 bits per heavy atom. The summed E-state index contributed by atoms with van der Waals surface area (Å²) in [6.45, 7) is 13.1. The number of amides is 1. The van der Waals surface area contributed by atoms with Gasteiger partial charge in [0.2, 0.25) is 0 Å². The monoisotopic (exact) mass is 708 g/mol. The van der Waals surface area contributed by atoms with Crippen LogP contribution in [0, 0.1) is 0 Å². The van der Waals surface area contributed by atoms with E-state index < -0.39 is 11.7 Å². The van der Waals surface area contributed by atoms with Crippen molar-refractivity contribution in [3.8, 4) is 21.7 Å². The fourth-order valence-electron chi connectivity index (χ4n) is 4.76. The molecule has 0 unspecified atom stereocenters. The summed E-state index contributed by atoms with van der Waals surface area (Å²) in [6.07, 6.45) is 2.47. The lowest BCUT2D eigenvalue weighted by molar-refractivity contribution is -0.0106. The number of nitrogens with zero attached hydrogens (tertiary/aromatic N) is 4. The van der Waals surface area contributed by atoms with E-state index in [-0.39, 0.29) is 0 Å². The van der Waals surface area contributed by atoms with Crippen molar-refractivity contribution in [1.29, 1.82) is 0 Å². The van der Waals surface area contributed by atoms with Crippen molar-refractivity contribution in [3.05, 3.63) is 60.8 Å². The van der Waals surface area contributed by atoms with Gasteiger partial charge in [0.15, 0.2) is 0 Å². The fraction of sp³-hybridized carbons (Fsp3) is 0.500. The molecule has 11 nitrogen and oxygen atoms in total. The molecule has 2 aromatic heterocycles. The minimum absolute atomic E-state index is 0.324. The summed E-state index contributed by atoms with van der Waals surface area (Å²) in [7, 11) is 3.95. The van der Waals surface area contributed by atoms with Gasteiger partial charge in [0.05, 0.1) is 76.2 Å². The number of thiazole rings is 1. The molecule has 50 heavy (non-hydrogen) atoms. The first-order valence-electron chi connectivity index (χ1n) is 17.2. The maximum absolute atomic E-state index is 13.3. The lowest BCUT2D eigenvalue weighted by Crippen LogP contribution is -2.39. The predicted molar refractivity (Wildman–Crippen MR) is 201 cm³/mol. The molecule has 0 aliphatic carbocycles. The first-order valence-corrected chi connectivity index (χ1v) is 18.0. The highest BCUT2D eigenvalue weighted by atomic mass is 32.1. The van der Waals surface area contributed by atoms with Gasteiger partial charge in [0, 0.05) is 43.7 Å². The number of benzene rings is 2. The second kappa shape index (κ2) is 20.3. The van der Waals surface area contributed by atoms with Gasteiger partial charge < -0.3 is 33.3 Å². The number of pyridine rings is 1. The third kappa shape index (κ3) is 12.9. The van der Waals surface area contributed by atoms with Gasteiger partial charge in [-0.15, -0.1) is 11.3 Å². The van der Waals surface area contributed by atoms with Crippen LogP contribution in [0.2, 0.25) is 0 Å². The van der Waals surface area contributed by atoms with Crippen LogP contribution in [0.4, 0.5) is 16.3 Å². The molecule has 0 N–H and O–H groups in total. The van der Waals surface area contributed by atoms with E-state index in [0.717, 1.165) is 56.4 Å². The van der Waals surface area contributed by atoms with Crippen LogP contribution in [-0.4, -0.2) is 108 Å². The summed E-state index contributed by atoms with van der Waals surface area (Å²) in [5.41, 5.74) is 4.12. The number of carbonyl (C=O) groups excluding carboxylic acids is 1. The molecule has 2 aromatic carbocycles. The number of fused-ring (bicyclic) bond motifs is 1. The van der Waals surface area contributed by atoms with E-state index >= 15 is 0 Å². The Bertz CT molecular complexity index is 1570. The molecule has 2 heterocycles. The van der Waals surface area contributed by atoms with Crippen molar-refractivity contribution in [1.82, 2.24) is 9.97 Å². The maximum Gasteiger partial charge on any atom is 0.414 e. The largest absolute Gasteiger partial charge is 0.443 e. The van der Waals surface area contributed by atoms with E-state index in [1.807, 2.05) is 70.2 Å². The zero-order chi connectivity index (χ0) is 35.8. The van der Waals surface area contributed by atoms with Gasteiger partial charge in [-0.2, -0.15) is 0 Å². The van der Waals surface area contributed by atoms with Crippen molar-refractivity contribution < 1.29 is 33.2 Å². The Hall–Kier alpha value is -3.65. The average molecular weight is 709 g/mol. The molecular weight excluding hydrogens is 657 g/mol. The zero-order valence-electron chi connectivity index (χ0n) is 30.3. The first kappa shape index (κ1) is 39.1. The van der Waals surface area contributed by atoms with Crippen molar-refractivity contribution >= 4 is 39.2 Å². The molecule has 0 atom stereocenters. The highest BCUT2D eigenvalue weighted by Gasteiger charge is 2.24. The molecule has 0 saturated heterocycles. The molecule has 0 saturated carbocycles. The van der Waals surface area contributed by atoms with E-state index in [2.05, 4.69) is 42.2 Å². The van der Waals surface area contributed by atoms with Gasteiger partial charge in [-0.05, 0) is 63.1 Å². The Kier molecular flexibility index (Phi) is 15.9. The number of aromatic nitrogens is 2. The maximum atomic E-state index is 13.3. The van der Waals surface area contributed by atoms with E-state index in [9.17, 15) is 4.79 Å². The summed E-state index contributed by atoms with van der Waals surface area (Å²) in [5.74, 6) is 0.918. The summed E-state index contributed by atoms with van der Waals surface area (Å²) in [5, 5.41) is 0.906. The van der Waals surface area contributed by atoms with Crippen LogP contribution in [0.3, 0.4) is 0 Å². The van der Waals surface area contributed by atoms with Gasteiger partial charge in [-0.3, -0.25) is 4.90 Å². The third-order valence-corrected chi connectivity index (χ3v) is 8.33. The molecule has 0 fully saturated rings. The highest BCUT2D eigenvalue weighted by Crippen LogP contribution is 2.34. The number of carbonyl (C=O) groups is 1. The Balaban J connectivity index is 1.27. The van der Waals surface area contributed by atoms with E-state index in [4.69, 9.17) is 33.4 Å². The summed E-state index contributed by atoms with van der Waals surface area (Å²) < 4.78 is 34.5. The summed E-state index contributed by atoms with van der Waals surface area (Å²) in [6, 6.07) is 18.3. The molecule has 12 heteroatoms. The zero-order valence-corrected chi connectivity index (χ0v) is 31.1. The van der Waals surface area contributed by atoms with E-state index in [1.54, 1.807) is 16.2 Å². The van der Waals surface area contributed by atoms with Crippen LogP contribution >= 0.6 is 11.3 Å². The molecule has 0 aliphatic rings. The minimum atomic E-state index is -0.639. The topological polar surface area (TPSA) is 105 Å². The average Bonchev–Trinajstić information content (AvgIpc) is 3.53. The van der Waals surface area contributed by atoms with Crippen molar-refractivity contribution in [3.63, 3.8) is 0 Å². The molecule has 1 amide bonds. The normalized spacial score (nSPS) is 11.6. The van der Waals surface area contributed by atoms with Gasteiger partial charge in [0.1, 0.15) is 16.4 Å². The van der Waals surface area contributed by atoms with E-state index in [0.29, 0.717) is 66.0 Å². The van der Waals surface area contributed by atoms with Gasteiger partial charge >= 0.3 is 6.09 Å². The lowest BCUT2D eigenvalue weighted by Gasteiger charge is -2.27. The van der Waals surface area contributed by atoms with E-state index in [1.165, 1.54) is 0 Å². The fourth-order valence-corrected chi connectivity index (χ4v) is 5.76. The Morgan fingerprint density at radius 1 is 0.720 bits per heavy atom. The van der Waals surface area contributed by atoms with Crippen LogP contribution in [0.5, 0.6) is 0 Å². The standard InChI is InChI=1S/C38H52N4O7S/c1-7-17-44-19-21-46-23-25-48-26-24-47-22-20-45-18-16-42(37(43)49-38(2,3)4)32-13-14-33-34(27-32)50-36(40-33)30-10-8-29(9-11-30)31-12-15-35(39-28-31)41(5)6/h8-15,27-28H,7,16-26H2,1-6H3. The van der Waals surface area contributed by atoms with Crippen molar-refractivity contribution in [2.75, 3.05) is 96.5 Å². The SMILES string of the molecule is CCCOCCOCCOCCOCCOCCN(C(=O)OC(C)(C)C)c1ccc2nc(-c3ccc(-c4ccc(N(C)C)nc4)cc3)sc2c1. The molecule has 272 valence electrons. The first-order chi connectivity index (χ1) is 24.1. The molecule has 4 rings (SSSR count). The second-order valence-electron chi connectivity index (χ2n) is 12.7. The minimum Gasteiger partial charge on any atom is -0.443 e. The molecule has 0 bridgehead atoms. The lowest BCUT2D eigenvalue weighted by atomic mass is 10.1. The van der Waals surface area contributed by atoms with Crippen molar-refractivity contribution in [2.45, 2.75) is 39.7 Å². The smallest absolute Gasteiger partial charge is 0.414 e. The molecule has 4 aromatic rings. The van der Waals surface area contributed by atoms with Crippen LogP contribution in [-0.2, 0) is 28.4 Å². The molecule has 0 aliphatic heterocycles. The molecule has 0 spiro atoms.